The summed E-state index contributed by atoms with van der Waals surface area (Å²) in [6, 6.07) is 5.27. The number of likely N-dealkylation sites (tertiary alicyclic amines) is 3. The molecular weight excluding hydrogens is 489 g/mol. The second kappa shape index (κ2) is 8.94. The molecule has 202 valence electrons. The summed E-state index contributed by atoms with van der Waals surface area (Å²) in [5, 5.41) is 12.4. The first-order chi connectivity index (χ1) is 18.0. The third kappa shape index (κ3) is 4.31. The first kappa shape index (κ1) is 25.1. The van der Waals surface area contributed by atoms with Gasteiger partial charge in [0.25, 0.3) is 0 Å². The number of nitrogens with zero attached hydrogens (tertiary/aromatic N) is 4. The molecule has 2 aliphatic carbocycles. The molecule has 1 aromatic rings. The van der Waals surface area contributed by atoms with Crippen LogP contribution >= 0.6 is 0 Å². The van der Waals surface area contributed by atoms with E-state index in [0.717, 1.165) is 30.4 Å². The molecule has 10 heteroatoms. The largest absolute Gasteiger partial charge is 0.444 e. The third-order valence-electron chi connectivity index (χ3n) is 8.72. The molecule has 3 heterocycles. The fraction of sp³-hybridized carbons (Fsp3) is 0.643. The molecule has 0 aromatic heterocycles. The number of piperazine rings is 1. The minimum Gasteiger partial charge on any atom is -0.444 e. The lowest BCUT2D eigenvalue weighted by atomic mass is 10.1. The Kier molecular flexibility index (Phi) is 5.91. The number of rotatable bonds is 5. The molecule has 1 saturated carbocycles. The van der Waals surface area contributed by atoms with E-state index in [1.807, 2.05) is 9.80 Å². The third-order valence-corrected chi connectivity index (χ3v) is 8.72. The van der Waals surface area contributed by atoms with Crippen molar-refractivity contribution in [3.05, 3.63) is 35.1 Å². The maximum absolute atomic E-state index is 13.7. The van der Waals surface area contributed by atoms with Gasteiger partial charge in [0.15, 0.2) is 0 Å². The molecule has 6 rings (SSSR count). The molecule has 38 heavy (non-hydrogen) atoms. The molecule has 1 aromatic carbocycles. The van der Waals surface area contributed by atoms with Crippen molar-refractivity contribution < 1.29 is 23.5 Å². The van der Waals surface area contributed by atoms with Gasteiger partial charge in [-0.25, -0.2) is 9.18 Å². The quantitative estimate of drug-likeness (QED) is 0.636. The lowest BCUT2D eigenvalue weighted by Gasteiger charge is -2.39. The van der Waals surface area contributed by atoms with Crippen molar-refractivity contribution in [3.63, 3.8) is 0 Å². The topological polar surface area (TPSA) is 106 Å². The number of hydrogen-bond donors (Lipinski definition) is 1. The van der Waals surface area contributed by atoms with Crippen LogP contribution in [0, 0.1) is 23.1 Å². The molecule has 0 spiro atoms. The molecule has 3 aliphatic heterocycles. The Hall–Kier alpha value is -3.19. The molecule has 0 unspecified atom stereocenters. The van der Waals surface area contributed by atoms with Gasteiger partial charge in [0.2, 0.25) is 11.8 Å². The molecule has 1 N–H and O–H groups in total. The first-order valence-corrected chi connectivity index (χ1v) is 13.6. The lowest BCUT2D eigenvalue weighted by Crippen LogP contribution is -2.59. The van der Waals surface area contributed by atoms with Crippen molar-refractivity contribution in [1.82, 2.24) is 20.0 Å². The average molecular weight is 524 g/mol. The van der Waals surface area contributed by atoms with Crippen LogP contribution in [0.1, 0.15) is 63.6 Å². The van der Waals surface area contributed by atoms with Crippen LogP contribution < -0.4 is 5.32 Å². The van der Waals surface area contributed by atoms with E-state index in [9.17, 15) is 24.0 Å². The smallest absolute Gasteiger partial charge is 0.408 e. The van der Waals surface area contributed by atoms with E-state index in [1.54, 1.807) is 37.8 Å². The number of amides is 3. The average Bonchev–Trinajstić information content (AvgIpc) is 3.17. The predicted octanol–water partition coefficient (Wildman–Crippen LogP) is 2.50. The fourth-order valence-electron chi connectivity index (χ4n) is 7.09. The van der Waals surface area contributed by atoms with E-state index >= 15 is 0 Å². The number of fused-ring (bicyclic) bond motifs is 4. The number of carbonyl (C=O) groups excluding carboxylic acids is 3. The number of nitrogens with one attached hydrogen (secondary N) is 1. The number of aryl methyl sites for hydroxylation is 1. The highest BCUT2D eigenvalue weighted by Gasteiger charge is 2.57. The summed E-state index contributed by atoms with van der Waals surface area (Å²) in [6.07, 6.45) is 3.05. The fourth-order valence-corrected chi connectivity index (χ4v) is 7.09. The Morgan fingerprint density at radius 1 is 1.24 bits per heavy atom. The van der Waals surface area contributed by atoms with Crippen molar-refractivity contribution in [2.24, 2.45) is 5.92 Å². The Balaban J connectivity index is 1.18. The summed E-state index contributed by atoms with van der Waals surface area (Å²) in [4.78, 5) is 45.6. The number of nitriles is 1. The van der Waals surface area contributed by atoms with Crippen molar-refractivity contribution in [2.45, 2.75) is 94.7 Å². The summed E-state index contributed by atoms with van der Waals surface area (Å²) in [7, 11) is 0. The van der Waals surface area contributed by atoms with Crippen LogP contribution in [0.5, 0.6) is 0 Å². The summed E-state index contributed by atoms with van der Waals surface area (Å²) < 4.78 is 19.2. The summed E-state index contributed by atoms with van der Waals surface area (Å²) in [6.45, 7) is 6.04. The molecule has 9 nitrogen and oxygen atoms in total. The van der Waals surface area contributed by atoms with Gasteiger partial charge in [-0.05, 0) is 82.1 Å². The molecule has 5 aliphatic rings. The van der Waals surface area contributed by atoms with Gasteiger partial charge in [-0.1, -0.05) is 6.07 Å². The van der Waals surface area contributed by atoms with Gasteiger partial charge in [-0.2, -0.15) is 5.26 Å². The van der Waals surface area contributed by atoms with Crippen LogP contribution in [0.4, 0.5) is 9.18 Å². The minimum atomic E-state index is -0.921. The van der Waals surface area contributed by atoms with Gasteiger partial charge in [0, 0.05) is 25.2 Å². The second-order valence-electron chi connectivity index (χ2n) is 12.4. The van der Waals surface area contributed by atoms with Crippen molar-refractivity contribution in [3.8, 4) is 6.07 Å². The summed E-state index contributed by atoms with van der Waals surface area (Å²) >= 11 is 0. The normalized spacial score (nSPS) is 32.1. The Morgan fingerprint density at radius 3 is 2.74 bits per heavy atom. The highest BCUT2D eigenvalue weighted by atomic mass is 19.1. The maximum Gasteiger partial charge on any atom is 0.408 e. The van der Waals surface area contributed by atoms with E-state index in [1.165, 1.54) is 6.07 Å². The Morgan fingerprint density at radius 2 is 2.03 bits per heavy atom. The van der Waals surface area contributed by atoms with Crippen LogP contribution in [-0.2, 0) is 20.7 Å². The van der Waals surface area contributed by atoms with Crippen LogP contribution in [0.15, 0.2) is 18.2 Å². The molecule has 0 radical (unpaired) electrons. The lowest BCUT2D eigenvalue weighted by molar-refractivity contribution is -0.141. The zero-order valence-corrected chi connectivity index (χ0v) is 22.0. The van der Waals surface area contributed by atoms with Gasteiger partial charge < -0.3 is 19.9 Å². The molecule has 3 amide bonds. The van der Waals surface area contributed by atoms with Gasteiger partial charge in [0.05, 0.1) is 18.2 Å². The van der Waals surface area contributed by atoms with E-state index < -0.39 is 23.8 Å². The highest BCUT2D eigenvalue weighted by molar-refractivity contribution is 5.89. The Labute approximate surface area is 221 Å². The predicted molar refractivity (Wildman–Crippen MR) is 134 cm³/mol. The number of hydrogen-bond acceptors (Lipinski definition) is 6. The van der Waals surface area contributed by atoms with Crippen molar-refractivity contribution >= 4 is 17.9 Å². The van der Waals surface area contributed by atoms with Crippen LogP contribution in [0.2, 0.25) is 0 Å². The minimum absolute atomic E-state index is 0.00256. The Bertz CT molecular complexity index is 1220. The molecular formula is C28H34FN5O4. The van der Waals surface area contributed by atoms with E-state index in [4.69, 9.17) is 4.74 Å². The first-order valence-electron chi connectivity index (χ1n) is 13.6. The number of benzene rings is 1. The second-order valence-corrected chi connectivity index (χ2v) is 12.4. The van der Waals surface area contributed by atoms with Crippen molar-refractivity contribution in [2.75, 3.05) is 13.1 Å². The van der Waals surface area contributed by atoms with Crippen molar-refractivity contribution in [1.29, 1.82) is 5.26 Å². The molecule has 4 fully saturated rings. The zero-order valence-electron chi connectivity index (χ0n) is 22.0. The molecule has 3 saturated heterocycles. The maximum atomic E-state index is 13.7. The van der Waals surface area contributed by atoms with Crippen LogP contribution in [0.25, 0.3) is 0 Å². The zero-order chi connectivity index (χ0) is 26.9. The monoisotopic (exact) mass is 523 g/mol. The van der Waals surface area contributed by atoms with E-state index in [-0.39, 0.29) is 48.3 Å². The number of carbonyl (C=O) groups is 3. The van der Waals surface area contributed by atoms with Gasteiger partial charge >= 0.3 is 6.09 Å². The highest BCUT2D eigenvalue weighted by Crippen LogP contribution is 2.48. The van der Waals surface area contributed by atoms with Gasteiger partial charge in [-0.15, -0.1) is 0 Å². The SMILES string of the molecule is CC(C)(C)OC(=O)N[C@@H](CN1C[C@H]2C[C@@H]1C(=O)N2[C@@H]1CCc2cc(F)ccc21)C(=O)N1[C@H](C#N)C[C@@H]2C[C@@H]21. The number of halogens is 1. The molecule has 2 bridgehead atoms. The van der Waals surface area contributed by atoms with E-state index in [2.05, 4.69) is 11.4 Å². The van der Waals surface area contributed by atoms with Gasteiger partial charge in [0.1, 0.15) is 23.5 Å². The number of ether oxygens (including phenoxy) is 1. The molecule has 7 atom stereocenters. The van der Waals surface area contributed by atoms with Crippen LogP contribution in [-0.4, -0.2) is 81.5 Å². The van der Waals surface area contributed by atoms with Crippen LogP contribution in [0.3, 0.4) is 0 Å². The van der Waals surface area contributed by atoms with E-state index in [0.29, 0.717) is 25.3 Å². The standard InChI is InChI=1S/C28H34FN5O4/c1-28(2,3)38-27(37)31-21(25(35)33-18(12-30)9-16-10-23(16)33)14-32-13-19-11-24(32)26(36)34(19)22-7-4-15-8-17(29)5-6-20(15)22/h5-6,8,16,18-19,21-24H,4,7,9-11,13-14H2,1-3H3,(H,31,37)/t16-,18+,19-,21+,22-,23+,24-/m1/s1. The summed E-state index contributed by atoms with van der Waals surface area (Å²) in [5.41, 5.74) is 1.26. The summed E-state index contributed by atoms with van der Waals surface area (Å²) in [5.74, 6) is -0.171. The number of piperidine rings is 1. The van der Waals surface area contributed by atoms with Gasteiger partial charge in [-0.3, -0.25) is 14.5 Å². The number of alkyl carbamates (subject to hydrolysis) is 1.